The second kappa shape index (κ2) is 7.27. The summed E-state index contributed by atoms with van der Waals surface area (Å²) in [7, 11) is 0. The molecule has 11 heavy (non-hydrogen) atoms. The fraction of sp³-hybridized carbons (Fsp3) is 1.00. The molecule has 0 unspecified atom stereocenters. The van der Waals surface area contributed by atoms with Crippen LogP contribution in [0.1, 0.15) is 27.7 Å². The van der Waals surface area contributed by atoms with Crippen molar-refractivity contribution in [2.24, 2.45) is 0 Å². The predicted octanol–water partition coefficient (Wildman–Crippen LogP) is 1.58. The molecule has 0 aliphatic heterocycles. The summed E-state index contributed by atoms with van der Waals surface area (Å²) in [6.07, 6.45) is 0. The molecule has 0 heterocycles. The van der Waals surface area contributed by atoms with Crippen LogP contribution in [0.5, 0.6) is 0 Å². The van der Waals surface area contributed by atoms with Crippen LogP contribution in [-0.2, 0) is 19.1 Å². The van der Waals surface area contributed by atoms with Gasteiger partial charge in [0, 0.05) is 0 Å². The van der Waals surface area contributed by atoms with Crippen molar-refractivity contribution in [3.05, 3.63) is 0 Å². The van der Waals surface area contributed by atoms with Crippen molar-refractivity contribution >= 4 is 0 Å². The van der Waals surface area contributed by atoms with Crippen LogP contribution in [0.15, 0.2) is 0 Å². The molecule has 0 aromatic rings. The fourth-order valence-electron chi connectivity index (χ4n) is 0.841. The summed E-state index contributed by atoms with van der Waals surface area (Å²) in [5, 5.41) is 0. The summed E-state index contributed by atoms with van der Waals surface area (Å²) in [5.41, 5.74) is 0. The molecule has 0 aromatic heterocycles. The average molecular weight is 328 g/mol. The standard InChI is InChI=1S/2C4H10N.W/c2*1-3-5-4-2;/h2*3-4H2,1-2H3;/q2*-1;+2. The molecular formula is C8H20N2W. The van der Waals surface area contributed by atoms with Crippen molar-refractivity contribution in [1.29, 1.82) is 0 Å². The fourth-order valence-corrected chi connectivity index (χ4v) is 3.67. The minimum absolute atomic E-state index is 0.338. The SMILES string of the molecule is CC[N](CC)[W][N](CC)CC. The molecular weight excluding hydrogens is 308 g/mol. The van der Waals surface area contributed by atoms with Gasteiger partial charge in [0.05, 0.1) is 0 Å². The van der Waals surface area contributed by atoms with E-state index in [-0.39, 0.29) is 19.1 Å². The Morgan fingerprint density at radius 1 is 0.727 bits per heavy atom. The Hall–Kier alpha value is 0.608. The quantitative estimate of drug-likeness (QED) is 0.731. The molecule has 68 valence electrons. The Labute approximate surface area is 80.1 Å². The molecule has 0 radical (unpaired) electrons. The van der Waals surface area contributed by atoms with Gasteiger partial charge in [0.15, 0.2) is 0 Å². The van der Waals surface area contributed by atoms with Crippen LogP contribution in [0.4, 0.5) is 0 Å². The van der Waals surface area contributed by atoms with Crippen molar-refractivity contribution in [3.8, 4) is 0 Å². The van der Waals surface area contributed by atoms with E-state index in [0.29, 0.717) is 0 Å². The first kappa shape index (κ1) is 11.6. The normalized spacial score (nSPS) is 11.5. The van der Waals surface area contributed by atoms with Gasteiger partial charge in [-0.25, -0.2) is 0 Å². The van der Waals surface area contributed by atoms with Crippen LogP contribution >= 0.6 is 0 Å². The number of hydrogen-bond donors (Lipinski definition) is 0. The van der Waals surface area contributed by atoms with Crippen molar-refractivity contribution in [2.75, 3.05) is 26.2 Å². The molecule has 3 heteroatoms. The molecule has 0 aliphatic carbocycles. The van der Waals surface area contributed by atoms with E-state index in [1.807, 2.05) is 0 Å². The van der Waals surface area contributed by atoms with Crippen LogP contribution in [0.2, 0.25) is 0 Å². The van der Waals surface area contributed by atoms with Crippen LogP contribution in [0.25, 0.3) is 0 Å². The molecule has 0 aliphatic rings. The third-order valence-electron chi connectivity index (χ3n) is 1.64. The first-order chi connectivity index (χ1) is 5.28. The van der Waals surface area contributed by atoms with Gasteiger partial charge in [-0.1, -0.05) is 0 Å². The first-order valence-electron chi connectivity index (χ1n) is 4.46. The molecule has 0 aromatic carbocycles. The third kappa shape index (κ3) is 4.95. The van der Waals surface area contributed by atoms with Crippen molar-refractivity contribution < 1.29 is 19.1 Å². The predicted molar refractivity (Wildman–Crippen MR) is 45.8 cm³/mol. The summed E-state index contributed by atoms with van der Waals surface area (Å²) in [6.45, 7) is 14.0. The third-order valence-corrected chi connectivity index (χ3v) is 7.01. The minimum atomic E-state index is -0.338. The Balaban J connectivity index is 3.58. The summed E-state index contributed by atoms with van der Waals surface area (Å²) in [4.78, 5) is 0. The van der Waals surface area contributed by atoms with E-state index in [4.69, 9.17) is 0 Å². The van der Waals surface area contributed by atoms with Gasteiger partial charge in [-0.15, -0.1) is 0 Å². The van der Waals surface area contributed by atoms with Crippen LogP contribution in [0, 0.1) is 0 Å². The molecule has 0 amide bonds. The molecule has 0 fully saturated rings. The van der Waals surface area contributed by atoms with E-state index >= 15 is 0 Å². The van der Waals surface area contributed by atoms with E-state index < -0.39 is 0 Å². The van der Waals surface area contributed by atoms with Crippen molar-refractivity contribution in [2.45, 2.75) is 27.7 Å². The molecule has 0 saturated heterocycles. The van der Waals surface area contributed by atoms with E-state index in [1.165, 1.54) is 26.2 Å². The Morgan fingerprint density at radius 2 is 1.00 bits per heavy atom. The van der Waals surface area contributed by atoms with E-state index in [9.17, 15) is 0 Å². The average Bonchev–Trinajstić information content (AvgIpc) is 2.07. The molecule has 0 saturated carbocycles. The van der Waals surface area contributed by atoms with E-state index in [2.05, 4.69) is 34.6 Å². The van der Waals surface area contributed by atoms with Gasteiger partial charge in [-0.2, -0.15) is 0 Å². The second-order valence-electron chi connectivity index (χ2n) is 2.31. The van der Waals surface area contributed by atoms with Crippen LogP contribution < -0.4 is 0 Å². The molecule has 0 atom stereocenters. The van der Waals surface area contributed by atoms with Gasteiger partial charge >= 0.3 is 79.9 Å². The van der Waals surface area contributed by atoms with Gasteiger partial charge in [-0.05, 0) is 0 Å². The van der Waals surface area contributed by atoms with Gasteiger partial charge in [-0.3, -0.25) is 0 Å². The van der Waals surface area contributed by atoms with E-state index in [0.717, 1.165) is 0 Å². The Bertz CT molecular complexity index is 70.2. The summed E-state index contributed by atoms with van der Waals surface area (Å²) in [5.74, 6) is 0. The zero-order valence-corrected chi connectivity index (χ0v) is 11.1. The number of rotatable bonds is 6. The molecule has 0 rings (SSSR count). The number of nitrogens with zero attached hydrogens (tertiary/aromatic N) is 2. The van der Waals surface area contributed by atoms with Gasteiger partial charge in [0.25, 0.3) is 0 Å². The Kier molecular flexibility index (Phi) is 7.67. The van der Waals surface area contributed by atoms with Crippen molar-refractivity contribution in [1.82, 2.24) is 6.92 Å². The van der Waals surface area contributed by atoms with Gasteiger partial charge in [0.2, 0.25) is 0 Å². The maximum absolute atomic E-state index is 2.60. The monoisotopic (exact) mass is 328 g/mol. The molecule has 0 N–H and O–H groups in total. The zero-order chi connectivity index (χ0) is 8.69. The first-order valence-corrected chi connectivity index (χ1v) is 7.08. The molecule has 2 nitrogen and oxygen atoms in total. The Morgan fingerprint density at radius 3 is 1.18 bits per heavy atom. The van der Waals surface area contributed by atoms with Gasteiger partial charge in [0.1, 0.15) is 0 Å². The van der Waals surface area contributed by atoms with Crippen LogP contribution in [0.3, 0.4) is 0 Å². The second-order valence-corrected chi connectivity index (χ2v) is 6.61. The van der Waals surface area contributed by atoms with Crippen molar-refractivity contribution in [3.63, 3.8) is 0 Å². The molecule has 0 spiro atoms. The summed E-state index contributed by atoms with van der Waals surface area (Å²) in [6, 6.07) is 0. The molecule has 0 bridgehead atoms. The van der Waals surface area contributed by atoms with E-state index in [1.54, 1.807) is 0 Å². The zero-order valence-electron chi connectivity index (χ0n) is 8.13. The topological polar surface area (TPSA) is 6.48 Å². The summed E-state index contributed by atoms with van der Waals surface area (Å²) >= 11 is -0.338. The maximum atomic E-state index is 2.60. The summed E-state index contributed by atoms with van der Waals surface area (Å²) < 4.78 is 5.21. The van der Waals surface area contributed by atoms with Gasteiger partial charge < -0.3 is 0 Å². The van der Waals surface area contributed by atoms with Crippen LogP contribution in [-0.4, -0.2) is 33.1 Å². The number of hydrogen-bond acceptors (Lipinski definition) is 2.